The fourth-order valence-corrected chi connectivity index (χ4v) is 2.86. The van der Waals surface area contributed by atoms with Crippen LogP contribution in [0.15, 0.2) is 29.2 Å². The highest BCUT2D eigenvalue weighted by molar-refractivity contribution is 8.13. The average Bonchev–Trinajstić information content (AvgIpc) is 2.78. The van der Waals surface area contributed by atoms with Crippen molar-refractivity contribution >= 4 is 19.7 Å². The second-order valence-electron chi connectivity index (χ2n) is 4.37. The minimum absolute atomic E-state index is 0.104. The largest absolute Gasteiger partial charge is 0.493 e. The fourth-order valence-electron chi connectivity index (χ4n) is 2.09. The molecule has 1 saturated carbocycles. The van der Waals surface area contributed by atoms with Gasteiger partial charge in [0, 0.05) is 10.7 Å². The maximum Gasteiger partial charge on any atom is 0.261 e. The van der Waals surface area contributed by atoms with Crippen molar-refractivity contribution in [3.63, 3.8) is 0 Å². The minimum Gasteiger partial charge on any atom is -0.493 e. The van der Waals surface area contributed by atoms with Gasteiger partial charge in [-0.15, -0.1) is 0 Å². The molecule has 0 aliphatic heterocycles. The van der Waals surface area contributed by atoms with Crippen molar-refractivity contribution in [3.05, 3.63) is 24.3 Å². The second-order valence-corrected chi connectivity index (χ2v) is 6.94. The minimum atomic E-state index is -3.63. The highest BCUT2D eigenvalue weighted by Crippen LogP contribution is 2.26. The topological polar surface area (TPSA) is 43.4 Å². The highest BCUT2D eigenvalue weighted by Gasteiger charge is 2.15. The lowest BCUT2D eigenvalue weighted by atomic mass is 10.1. The van der Waals surface area contributed by atoms with Gasteiger partial charge in [0.1, 0.15) is 5.75 Å². The molecule has 0 spiro atoms. The quantitative estimate of drug-likeness (QED) is 0.792. The number of rotatable bonds is 4. The van der Waals surface area contributed by atoms with E-state index < -0.39 is 9.05 Å². The lowest BCUT2D eigenvalue weighted by Crippen LogP contribution is -2.07. The number of ether oxygens (including phenoxy) is 1. The van der Waals surface area contributed by atoms with Crippen LogP contribution >= 0.6 is 10.7 Å². The summed E-state index contributed by atoms with van der Waals surface area (Å²) in [5.41, 5.74) is 0. The van der Waals surface area contributed by atoms with Gasteiger partial charge in [-0.1, -0.05) is 12.8 Å². The molecule has 0 amide bonds. The summed E-state index contributed by atoms with van der Waals surface area (Å²) in [6, 6.07) is 6.22. The first kappa shape index (κ1) is 12.7. The van der Waals surface area contributed by atoms with E-state index in [9.17, 15) is 8.42 Å². The maximum absolute atomic E-state index is 11.0. The highest BCUT2D eigenvalue weighted by atomic mass is 35.7. The maximum atomic E-state index is 11.0. The monoisotopic (exact) mass is 274 g/mol. The predicted molar refractivity (Wildman–Crippen MR) is 66.9 cm³/mol. The average molecular weight is 275 g/mol. The number of halogens is 1. The van der Waals surface area contributed by atoms with Gasteiger partial charge in [0.15, 0.2) is 0 Å². The zero-order valence-corrected chi connectivity index (χ0v) is 11.0. The molecule has 5 heteroatoms. The van der Waals surface area contributed by atoms with Crippen molar-refractivity contribution in [1.82, 2.24) is 0 Å². The Labute approximate surface area is 106 Å². The van der Waals surface area contributed by atoms with E-state index in [1.807, 2.05) is 0 Å². The Morgan fingerprint density at radius 3 is 2.29 bits per heavy atom. The molecule has 2 rings (SSSR count). The van der Waals surface area contributed by atoms with Crippen molar-refractivity contribution in [3.8, 4) is 5.75 Å². The Bertz CT molecular complexity index is 461. The lowest BCUT2D eigenvalue weighted by Gasteiger charge is -2.11. The number of hydrogen-bond donors (Lipinski definition) is 0. The third-order valence-corrected chi connectivity index (χ3v) is 4.44. The third kappa shape index (κ3) is 3.61. The number of hydrogen-bond acceptors (Lipinski definition) is 3. The summed E-state index contributed by atoms with van der Waals surface area (Å²) >= 11 is 0. The van der Waals surface area contributed by atoms with E-state index in [-0.39, 0.29) is 4.90 Å². The van der Waals surface area contributed by atoms with E-state index >= 15 is 0 Å². The lowest BCUT2D eigenvalue weighted by molar-refractivity contribution is 0.252. The van der Waals surface area contributed by atoms with Gasteiger partial charge in [-0.2, -0.15) is 0 Å². The predicted octanol–water partition coefficient (Wildman–Crippen LogP) is 3.18. The van der Waals surface area contributed by atoms with E-state index in [1.165, 1.54) is 37.8 Å². The summed E-state index contributed by atoms with van der Waals surface area (Å²) in [5, 5.41) is 0. The molecule has 94 valence electrons. The van der Waals surface area contributed by atoms with Gasteiger partial charge >= 0.3 is 0 Å². The SMILES string of the molecule is O=S(=O)(Cl)c1ccc(OCC2CCCC2)cc1. The zero-order chi connectivity index (χ0) is 12.3. The molecule has 0 unspecified atom stereocenters. The van der Waals surface area contributed by atoms with Crippen molar-refractivity contribution in [2.75, 3.05) is 6.61 Å². The van der Waals surface area contributed by atoms with E-state index in [1.54, 1.807) is 12.1 Å². The van der Waals surface area contributed by atoms with Crippen LogP contribution in [0.25, 0.3) is 0 Å². The summed E-state index contributed by atoms with van der Waals surface area (Å²) in [7, 11) is 1.59. The second kappa shape index (κ2) is 5.27. The molecule has 1 aliphatic carbocycles. The first-order valence-electron chi connectivity index (χ1n) is 5.73. The van der Waals surface area contributed by atoms with Crippen LogP contribution in [-0.4, -0.2) is 15.0 Å². The van der Waals surface area contributed by atoms with Crippen LogP contribution < -0.4 is 4.74 Å². The third-order valence-electron chi connectivity index (χ3n) is 3.07. The van der Waals surface area contributed by atoms with Gasteiger partial charge in [0.05, 0.1) is 11.5 Å². The molecule has 1 fully saturated rings. The summed E-state index contributed by atoms with van der Waals surface area (Å²) in [6.45, 7) is 0.715. The molecular weight excluding hydrogens is 260 g/mol. The van der Waals surface area contributed by atoms with Gasteiger partial charge in [-0.25, -0.2) is 8.42 Å². The summed E-state index contributed by atoms with van der Waals surface area (Å²) in [6.07, 6.45) is 5.04. The molecule has 1 aliphatic rings. The van der Waals surface area contributed by atoms with Crippen molar-refractivity contribution in [1.29, 1.82) is 0 Å². The first-order valence-corrected chi connectivity index (χ1v) is 8.04. The molecule has 0 heterocycles. The van der Waals surface area contributed by atoms with Crippen molar-refractivity contribution in [2.45, 2.75) is 30.6 Å². The van der Waals surface area contributed by atoms with Crippen LogP contribution in [0.4, 0.5) is 0 Å². The standard InChI is InChI=1S/C12H15ClO3S/c13-17(14,15)12-7-5-11(6-8-12)16-9-10-3-1-2-4-10/h5-8,10H,1-4,9H2. The molecule has 1 aromatic rings. The summed E-state index contributed by atoms with van der Waals surface area (Å²) in [4.78, 5) is 0.104. The number of benzene rings is 1. The van der Waals surface area contributed by atoms with E-state index in [4.69, 9.17) is 15.4 Å². The van der Waals surface area contributed by atoms with E-state index in [0.717, 1.165) is 0 Å². The molecule has 0 aromatic heterocycles. The van der Waals surface area contributed by atoms with Crippen LogP contribution in [0, 0.1) is 5.92 Å². The van der Waals surface area contributed by atoms with Crippen LogP contribution in [0.1, 0.15) is 25.7 Å². The normalized spacial score (nSPS) is 17.2. The van der Waals surface area contributed by atoms with Gasteiger partial charge < -0.3 is 4.74 Å². The fraction of sp³-hybridized carbons (Fsp3) is 0.500. The van der Waals surface area contributed by atoms with Gasteiger partial charge in [-0.05, 0) is 43.0 Å². The van der Waals surface area contributed by atoms with Crippen molar-refractivity contribution < 1.29 is 13.2 Å². The molecule has 3 nitrogen and oxygen atoms in total. The van der Waals surface area contributed by atoms with E-state index in [0.29, 0.717) is 18.3 Å². The molecular formula is C12H15ClO3S. The molecule has 0 saturated heterocycles. The smallest absolute Gasteiger partial charge is 0.261 e. The van der Waals surface area contributed by atoms with Crippen LogP contribution in [0.3, 0.4) is 0 Å². The Morgan fingerprint density at radius 1 is 1.18 bits per heavy atom. The Kier molecular flexibility index (Phi) is 3.94. The molecule has 0 N–H and O–H groups in total. The summed E-state index contributed by atoms with van der Waals surface area (Å²) in [5.74, 6) is 1.34. The summed E-state index contributed by atoms with van der Waals surface area (Å²) < 4.78 is 27.7. The van der Waals surface area contributed by atoms with Crippen LogP contribution in [0.5, 0.6) is 5.75 Å². The molecule has 17 heavy (non-hydrogen) atoms. The molecule has 0 radical (unpaired) electrons. The van der Waals surface area contributed by atoms with Gasteiger partial charge in [0.25, 0.3) is 9.05 Å². The Morgan fingerprint density at radius 2 is 1.76 bits per heavy atom. The van der Waals surface area contributed by atoms with Crippen molar-refractivity contribution in [2.24, 2.45) is 5.92 Å². The van der Waals surface area contributed by atoms with Gasteiger partial charge in [0.2, 0.25) is 0 Å². The zero-order valence-electron chi connectivity index (χ0n) is 9.43. The van der Waals surface area contributed by atoms with Gasteiger partial charge in [-0.3, -0.25) is 0 Å². The first-order chi connectivity index (χ1) is 8.05. The molecule has 0 atom stereocenters. The van der Waals surface area contributed by atoms with Crippen LogP contribution in [-0.2, 0) is 9.05 Å². The van der Waals surface area contributed by atoms with Crippen LogP contribution in [0.2, 0.25) is 0 Å². The van der Waals surface area contributed by atoms with E-state index in [2.05, 4.69) is 0 Å². The Hall–Kier alpha value is -0.740. The Balaban J connectivity index is 1.94. The molecule has 1 aromatic carbocycles. The molecule has 0 bridgehead atoms.